The van der Waals surface area contributed by atoms with Gasteiger partial charge in [0.2, 0.25) is 5.95 Å². The van der Waals surface area contributed by atoms with Crippen LogP contribution in [-0.4, -0.2) is 33.8 Å². The normalized spacial score (nSPS) is 16.4. The summed E-state index contributed by atoms with van der Waals surface area (Å²) >= 11 is 0. The molecule has 0 unspecified atom stereocenters. The Kier molecular flexibility index (Phi) is 4.94. The molecule has 0 atom stereocenters. The molecule has 3 aromatic rings. The fraction of sp³-hybridized carbons (Fsp3) is 0.364. The van der Waals surface area contributed by atoms with Crippen LogP contribution in [0.3, 0.4) is 0 Å². The summed E-state index contributed by atoms with van der Waals surface area (Å²) < 4.78 is 5.35. The maximum absolute atomic E-state index is 5.35. The molecular formula is C22H24N6O. The number of aromatic nitrogens is 3. The van der Waals surface area contributed by atoms with E-state index in [2.05, 4.69) is 20.6 Å². The Hall–Kier alpha value is -3.22. The molecule has 7 nitrogen and oxygen atoms in total. The molecule has 0 saturated heterocycles. The summed E-state index contributed by atoms with van der Waals surface area (Å²) in [4.78, 5) is 18.0. The molecule has 1 aliphatic carbocycles. The number of benzene rings is 1. The molecule has 1 saturated carbocycles. The maximum Gasteiger partial charge on any atom is 0.229 e. The fourth-order valence-electron chi connectivity index (χ4n) is 3.98. The van der Waals surface area contributed by atoms with Gasteiger partial charge in [0.15, 0.2) is 12.2 Å². The van der Waals surface area contributed by atoms with Gasteiger partial charge in [-0.2, -0.15) is 4.98 Å². The number of nitrogens with one attached hydrogen (secondary N) is 2. The van der Waals surface area contributed by atoms with E-state index in [4.69, 9.17) is 14.4 Å². The molecule has 29 heavy (non-hydrogen) atoms. The molecule has 3 heterocycles. The van der Waals surface area contributed by atoms with Crippen molar-refractivity contribution < 1.29 is 4.42 Å². The highest BCUT2D eigenvalue weighted by Crippen LogP contribution is 2.27. The highest BCUT2D eigenvalue weighted by molar-refractivity contribution is 5.89. The minimum atomic E-state index is 0.479. The van der Waals surface area contributed by atoms with Gasteiger partial charge in [-0.25, -0.2) is 9.97 Å². The first kappa shape index (κ1) is 17.8. The lowest BCUT2D eigenvalue weighted by Crippen LogP contribution is -2.25. The van der Waals surface area contributed by atoms with Crippen LogP contribution >= 0.6 is 0 Å². The monoisotopic (exact) mass is 388 g/mol. The molecule has 1 aliphatic heterocycles. The van der Waals surface area contributed by atoms with Crippen LogP contribution < -0.4 is 10.6 Å². The summed E-state index contributed by atoms with van der Waals surface area (Å²) in [5, 5.41) is 7.01. The SMILES string of the molecule is C1=NCCc2nc(Nc3ccc(-c4cnco4)cc3)nc(NC3CCCCC3)c21. The molecule has 1 fully saturated rings. The van der Waals surface area contributed by atoms with Crippen molar-refractivity contribution in [3.63, 3.8) is 0 Å². The fourth-order valence-corrected chi connectivity index (χ4v) is 3.98. The second-order valence-electron chi connectivity index (χ2n) is 7.59. The van der Waals surface area contributed by atoms with Gasteiger partial charge in [0.1, 0.15) is 5.82 Å². The van der Waals surface area contributed by atoms with Crippen LogP contribution in [0.4, 0.5) is 17.5 Å². The lowest BCUT2D eigenvalue weighted by molar-refractivity contribution is 0.461. The summed E-state index contributed by atoms with van der Waals surface area (Å²) in [6.07, 6.45) is 12.2. The van der Waals surface area contributed by atoms with Crippen molar-refractivity contribution >= 4 is 23.7 Å². The number of oxazole rings is 1. The Morgan fingerprint density at radius 1 is 1.00 bits per heavy atom. The number of anilines is 3. The maximum atomic E-state index is 5.35. The number of hydrogen-bond acceptors (Lipinski definition) is 7. The van der Waals surface area contributed by atoms with Crippen molar-refractivity contribution in [2.24, 2.45) is 4.99 Å². The molecule has 2 aromatic heterocycles. The summed E-state index contributed by atoms with van der Waals surface area (Å²) in [6.45, 7) is 0.776. The highest BCUT2D eigenvalue weighted by atomic mass is 16.3. The summed E-state index contributed by atoms with van der Waals surface area (Å²) in [5.74, 6) is 2.26. The van der Waals surface area contributed by atoms with Crippen molar-refractivity contribution in [2.75, 3.05) is 17.2 Å². The quantitative estimate of drug-likeness (QED) is 0.664. The van der Waals surface area contributed by atoms with Gasteiger partial charge in [-0.15, -0.1) is 0 Å². The van der Waals surface area contributed by atoms with Gasteiger partial charge in [0.05, 0.1) is 17.5 Å². The summed E-state index contributed by atoms with van der Waals surface area (Å²) in [5.41, 5.74) is 4.00. The zero-order valence-electron chi connectivity index (χ0n) is 16.3. The molecule has 5 rings (SSSR count). The van der Waals surface area contributed by atoms with E-state index in [0.29, 0.717) is 12.0 Å². The van der Waals surface area contributed by atoms with Crippen LogP contribution in [0, 0.1) is 0 Å². The molecule has 1 aromatic carbocycles. The van der Waals surface area contributed by atoms with Crippen LogP contribution in [0.25, 0.3) is 11.3 Å². The van der Waals surface area contributed by atoms with Gasteiger partial charge in [-0.1, -0.05) is 19.3 Å². The molecule has 0 spiro atoms. The minimum Gasteiger partial charge on any atom is -0.444 e. The van der Waals surface area contributed by atoms with Crippen LogP contribution in [0.1, 0.15) is 43.4 Å². The third kappa shape index (κ3) is 3.99. The zero-order chi connectivity index (χ0) is 19.5. The van der Waals surface area contributed by atoms with Gasteiger partial charge in [-0.05, 0) is 37.1 Å². The third-order valence-corrected chi connectivity index (χ3v) is 5.53. The van der Waals surface area contributed by atoms with Crippen molar-refractivity contribution in [3.8, 4) is 11.3 Å². The molecular weight excluding hydrogens is 364 g/mol. The van der Waals surface area contributed by atoms with Crippen molar-refractivity contribution in [3.05, 3.63) is 48.1 Å². The van der Waals surface area contributed by atoms with Gasteiger partial charge in [0.25, 0.3) is 0 Å². The average molecular weight is 388 g/mol. The van der Waals surface area contributed by atoms with E-state index in [1.807, 2.05) is 30.5 Å². The van der Waals surface area contributed by atoms with Gasteiger partial charge in [-0.3, -0.25) is 4.99 Å². The van der Waals surface area contributed by atoms with Gasteiger partial charge < -0.3 is 15.1 Å². The number of hydrogen-bond donors (Lipinski definition) is 2. The lowest BCUT2D eigenvalue weighted by atomic mass is 9.95. The Morgan fingerprint density at radius 2 is 1.86 bits per heavy atom. The predicted molar refractivity (Wildman–Crippen MR) is 114 cm³/mol. The third-order valence-electron chi connectivity index (χ3n) is 5.53. The standard InChI is InChI=1S/C22H24N6O/c1-2-4-16(5-3-1)25-21-18-12-23-11-10-19(18)27-22(28-21)26-17-8-6-15(7-9-17)20-13-24-14-29-20/h6-9,12-14,16H,1-5,10-11H2,(H2,25,26,27,28). The zero-order valence-corrected chi connectivity index (χ0v) is 16.3. The molecule has 0 amide bonds. The molecule has 2 N–H and O–H groups in total. The highest BCUT2D eigenvalue weighted by Gasteiger charge is 2.20. The van der Waals surface area contributed by atoms with E-state index >= 15 is 0 Å². The van der Waals surface area contributed by atoms with Crippen LogP contribution in [0.15, 0.2) is 46.3 Å². The van der Waals surface area contributed by atoms with Crippen LogP contribution in [0.5, 0.6) is 0 Å². The summed E-state index contributed by atoms with van der Waals surface area (Å²) in [6, 6.07) is 8.46. The molecule has 2 aliphatic rings. The minimum absolute atomic E-state index is 0.479. The second-order valence-corrected chi connectivity index (χ2v) is 7.59. The first-order valence-corrected chi connectivity index (χ1v) is 10.3. The van der Waals surface area contributed by atoms with E-state index in [-0.39, 0.29) is 0 Å². The Bertz CT molecular complexity index is 991. The average Bonchev–Trinajstić information content (AvgIpc) is 3.30. The van der Waals surface area contributed by atoms with E-state index in [1.54, 1.807) is 6.20 Å². The smallest absolute Gasteiger partial charge is 0.229 e. The van der Waals surface area contributed by atoms with E-state index in [0.717, 1.165) is 47.1 Å². The molecule has 0 bridgehead atoms. The van der Waals surface area contributed by atoms with Crippen molar-refractivity contribution in [1.29, 1.82) is 0 Å². The van der Waals surface area contributed by atoms with E-state index in [9.17, 15) is 0 Å². The number of nitrogens with zero attached hydrogens (tertiary/aromatic N) is 4. The Morgan fingerprint density at radius 3 is 2.66 bits per heavy atom. The Balaban J connectivity index is 1.39. The van der Waals surface area contributed by atoms with Crippen molar-refractivity contribution in [2.45, 2.75) is 44.6 Å². The topological polar surface area (TPSA) is 88.2 Å². The summed E-state index contributed by atoms with van der Waals surface area (Å²) in [7, 11) is 0. The van der Waals surface area contributed by atoms with Gasteiger partial charge in [0, 0.05) is 36.5 Å². The molecule has 148 valence electrons. The van der Waals surface area contributed by atoms with Crippen LogP contribution in [-0.2, 0) is 6.42 Å². The van der Waals surface area contributed by atoms with Gasteiger partial charge >= 0.3 is 0 Å². The molecule has 0 radical (unpaired) electrons. The van der Waals surface area contributed by atoms with Crippen molar-refractivity contribution in [1.82, 2.24) is 15.0 Å². The van der Waals surface area contributed by atoms with E-state index < -0.39 is 0 Å². The number of fused-ring (bicyclic) bond motifs is 1. The lowest BCUT2D eigenvalue weighted by Gasteiger charge is -2.25. The predicted octanol–water partition coefficient (Wildman–Crippen LogP) is 4.59. The largest absolute Gasteiger partial charge is 0.444 e. The second kappa shape index (κ2) is 8.03. The first-order chi connectivity index (χ1) is 14.3. The first-order valence-electron chi connectivity index (χ1n) is 10.3. The Labute approximate surface area is 169 Å². The van der Waals surface area contributed by atoms with Crippen LogP contribution in [0.2, 0.25) is 0 Å². The van der Waals surface area contributed by atoms with E-state index in [1.165, 1.54) is 38.5 Å². The number of aliphatic imine (C=N–C) groups is 1. The molecule has 7 heteroatoms. The number of rotatable bonds is 5.